The van der Waals surface area contributed by atoms with Crippen molar-refractivity contribution in [3.63, 3.8) is 0 Å². The number of amides is 1. The third-order valence-corrected chi connectivity index (χ3v) is 6.82. The monoisotopic (exact) mass is 320 g/mol. The smallest absolute Gasteiger partial charge is 0.267 e. The fraction of sp³-hybridized carbons (Fsp3) is 0.429. The molecule has 0 heterocycles. The van der Waals surface area contributed by atoms with E-state index in [-0.39, 0.29) is 16.7 Å². The second-order valence-electron chi connectivity index (χ2n) is 8.05. The van der Waals surface area contributed by atoms with E-state index in [9.17, 15) is 4.79 Å². The highest BCUT2D eigenvalue weighted by Gasteiger charge is 2.59. The first kappa shape index (κ1) is 15.4. The molecular formula is C21H24N2O. The van der Waals surface area contributed by atoms with Crippen LogP contribution in [0.5, 0.6) is 0 Å². The first-order valence-corrected chi connectivity index (χ1v) is 8.78. The lowest BCUT2D eigenvalue weighted by molar-refractivity contribution is 0.0954. The van der Waals surface area contributed by atoms with Gasteiger partial charge in [-0.2, -0.15) is 5.10 Å². The minimum absolute atomic E-state index is 0.119. The van der Waals surface area contributed by atoms with E-state index in [2.05, 4.69) is 37.4 Å². The van der Waals surface area contributed by atoms with Gasteiger partial charge in [0.25, 0.3) is 5.91 Å². The number of carbonyl (C=O) groups is 1. The Balaban J connectivity index is 1.56. The van der Waals surface area contributed by atoms with Crippen LogP contribution in [0.2, 0.25) is 0 Å². The molecule has 0 spiro atoms. The molecule has 3 nitrogen and oxygen atoms in total. The number of carbonyl (C=O) groups excluding carboxylic acids is 1. The minimum atomic E-state index is -0.127. The molecule has 2 aliphatic carbocycles. The molecule has 0 aliphatic heterocycles. The van der Waals surface area contributed by atoms with E-state index in [0.717, 1.165) is 22.9 Å². The average molecular weight is 320 g/mol. The lowest BCUT2D eigenvalue weighted by Gasteiger charge is -2.34. The summed E-state index contributed by atoms with van der Waals surface area (Å²) in [4.78, 5) is 12.5. The molecule has 1 amide bonds. The zero-order valence-electron chi connectivity index (χ0n) is 14.6. The van der Waals surface area contributed by atoms with Crippen LogP contribution >= 0.6 is 0 Å². The molecule has 0 radical (unpaired) electrons. The second-order valence-corrected chi connectivity index (χ2v) is 8.05. The van der Waals surface area contributed by atoms with Crippen LogP contribution in [0.3, 0.4) is 0 Å². The van der Waals surface area contributed by atoms with E-state index in [1.165, 1.54) is 12.8 Å². The van der Waals surface area contributed by atoms with Crippen molar-refractivity contribution < 1.29 is 4.79 Å². The molecule has 2 fully saturated rings. The number of nitrogens with zero attached hydrogens (tertiary/aromatic N) is 1. The Hall–Kier alpha value is -2.16. The predicted molar refractivity (Wildman–Crippen MR) is 98.1 cm³/mol. The van der Waals surface area contributed by atoms with Gasteiger partial charge >= 0.3 is 0 Å². The van der Waals surface area contributed by atoms with E-state index in [1.807, 2.05) is 36.4 Å². The third kappa shape index (κ3) is 2.10. The molecule has 0 aromatic heterocycles. The van der Waals surface area contributed by atoms with Gasteiger partial charge in [-0.15, -0.1) is 0 Å². The van der Waals surface area contributed by atoms with E-state index >= 15 is 0 Å². The van der Waals surface area contributed by atoms with Crippen LogP contribution < -0.4 is 5.43 Å². The van der Waals surface area contributed by atoms with Crippen molar-refractivity contribution in [3.05, 3.63) is 48.0 Å². The molecular weight excluding hydrogens is 296 g/mol. The first-order chi connectivity index (χ1) is 11.4. The number of fused-ring (bicyclic) bond motifs is 3. The molecule has 2 aromatic carbocycles. The summed E-state index contributed by atoms with van der Waals surface area (Å²) in [6, 6.07) is 13.8. The van der Waals surface area contributed by atoms with Gasteiger partial charge in [-0.05, 0) is 53.5 Å². The SMILES string of the molecule is CC1(C)[C@H]2CC[C@@]1(C)/C(=N/NC(=O)c1ccc3ccccc3c1)C2. The first-order valence-electron chi connectivity index (χ1n) is 8.78. The summed E-state index contributed by atoms with van der Waals surface area (Å²) < 4.78 is 0. The Morgan fingerprint density at radius 3 is 2.54 bits per heavy atom. The van der Waals surface area contributed by atoms with Gasteiger partial charge in [-0.3, -0.25) is 4.79 Å². The Morgan fingerprint density at radius 2 is 1.88 bits per heavy atom. The molecule has 1 N–H and O–H groups in total. The lowest BCUT2D eigenvalue weighted by atomic mass is 9.70. The molecule has 2 saturated carbocycles. The number of nitrogens with one attached hydrogen (secondary N) is 1. The standard InChI is InChI=1S/C21H24N2O/c1-20(2)17-10-11-21(20,3)18(13-17)22-23-19(24)16-9-8-14-6-4-5-7-15(14)12-16/h4-9,12,17H,10-11,13H2,1-3H3,(H,23,24)/b22-18+/t17-,21-/m0/s1. The van der Waals surface area contributed by atoms with Gasteiger partial charge < -0.3 is 0 Å². The maximum Gasteiger partial charge on any atom is 0.271 e. The molecule has 2 aliphatic rings. The summed E-state index contributed by atoms with van der Waals surface area (Å²) in [5.41, 5.74) is 5.02. The van der Waals surface area contributed by atoms with Crippen LogP contribution in [0.25, 0.3) is 10.8 Å². The van der Waals surface area contributed by atoms with Gasteiger partial charge in [0, 0.05) is 16.7 Å². The van der Waals surface area contributed by atoms with E-state index in [4.69, 9.17) is 0 Å². The summed E-state index contributed by atoms with van der Waals surface area (Å²) in [7, 11) is 0. The zero-order chi connectivity index (χ0) is 16.9. The summed E-state index contributed by atoms with van der Waals surface area (Å²) in [5.74, 6) is 0.566. The number of hydrogen-bond donors (Lipinski definition) is 1. The number of rotatable bonds is 2. The number of benzene rings is 2. The highest BCUT2D eigenvalue weighted by atomic mass is 16.2. The molecule has 2 bridgehead atoms. The normalized spacial score (nSPS) is 29.3. The van der Waals surface area contributed by atoms with Gasteiger partial charge in [0.05, 0.1) is 0 Å². The van der Waals surface area contributed by atoms with Gasteiger partial charge in [-0.25, -0.2) is 5.43 Å². The third-order valence-electron chi connectivity index (χ3n) is 6.82. The highest BCUT2D eigenvalue weighted by Crippen LogP contribution is 2.63. The molecule has 24 heavy (non-hydrogen) atoms. The topological polar surface area (TPSA) is 41.5 Å². The molecule has 3 heteroatoms. The van der Waals surface area contributed by atoms with Crippen molar-refractivity contribution in [2.24, 2.45) is 21.8 Å². The fourth-order valence-corrected chi connectivity index (χ4v) is 4.61. The second kappa shape index (κ2) is 5.17. The summed E-state index contributed by atoms with van der Waals surface area (Å²) in [5, 5.41) is 6.76. The van der Waals surface area contributed by atoms with Gasteiger partial charge in [0.1, 0.15) is 0 Å². The molecule has 0 unspecified atom stereocenters. The molecule has 124 valence electrons. The maximum atomic E-state index is 12.5. The van der Waals surface area contributed by atoms with Gasteiger partial charge in [-0.1, -0.05) is 51.1 Å². The summed E-state index contributed by atoms with van der Waals surface area (Å²) in [6.07, 6.45) is 3.47. The molecule has 0 saturated heterocycles. The Morgan fingerprint density at radius 1 is 1.12 bits per heavy atom. The van der Waals surface area contributed by atoms with E-state index < -0.39 is 0 Å². The Bertz CT molecular complexity index is 852. The Kier molecular flexibility index (Phi) is 3.31. The average Bonchev–Trinajstić information content (AvgIpc) is 2.92. The van der Waals surface area contributed by atoms with E-state index in [0.29, 0.717) is 11.5 Å². The van der Waals surface area contributed by atoms with Crippen LogP contribution in [0, 0.1) is 16.7 Å². The fourth-order valence-electron chi connectivity index (χ4n) is 4.61. The van der Waals surface area contributed by atoms with Crippen molar-refractivity contribution in [1.29, 1.82) is 0 Å². The van der Waals surface area contributed by atoms with Crippen LogP contribution in [0.15, 0.2) is 47.6 Å². The van der Waals surface area contributed by atoms with Gasteiger partial charge in [0.15, 0.2) is 0 Å². The highest BCUT2D eigenvalue weighted by molar-refractivity contribution is 6.00. The zero-order valence-corrected chi connectivity index (χ0v) is 14.6. The summed E-state index contributed by atoms with van der Waals surface area (Å²) >= 11 is 0. The minimum Gasteiger partial charge on any atom is -0.267 e. The number of hydrogen-bond acceptors (Lipinski definition) is 2. The van der Waals surface area contributed by atoms with Crippen molar-refractivity contribution in [3.8, 4) is 0 Å². The van der Waals surface area contributed by atoms with Crippen molar-refractivity contribution in [2.45, 2.75) is 40.0 Å². The van der Waals surface area contributed by atoms with Crippen LogP contribution in [0.4, 0.5) is 0 Å². The Labute approximate surface area is 143 Å². The molecule has 2 aromatic rings. The summed E-state index contributed by atoms with van der Waals surface area (Å²) in [6.45, 7) is 7.00. The predicted octanol–water partition coefficient (Wildman–Crippen LogP) is 4.77. The maximum absolute atomic E-state index is 12.5. The van der Waals surface area contributed by atoms with Gasteiger partial charge in [0.2, 0.25) is 0 Å². The largest absolute Gasteiger partial charge is 0.271 e. The van der Waals surface area contributed by atoms with Crippen LogP contribution in [-0.2, 0) is 0 Å². The van der Waals surface area contributed by atoms with E-state index in [1.54, 1.807) is 0 Å². The van der Waals surface area contributed by atoms with Crippen molar-refractivity contribution in [2.75, 3.05) is 0 Å². The van der Waals surface area contributed by atoms with Crippen molar-refractivity contribution >= 4 is 22.4 Å². The number of hydrazone groups is 1. The quantitative estimate of drug-likeness (QED) is 0.796. The van der Waals surface area contributed by atoms with Crippen molar-refractivity contribution in [1.82, 2.24) is 5.43 Å². The molecule has 2 atom stereocenters. The lowest BCUT2D eigenvalue weighted by Crippen LogP contribution is -2.34. The van der Waals surface area contributed by atoms with Crippen LogP contribution in [-0.4, -0.2) is 11.6 Å². The molecule has 4 rings (SSSR count). The van der Waals surface area contributed by atoms with Crippen LogP contribution in [0.1, 0.15) is 50.4 Å².